The molecule has 0 aliphatic heterocycles. The average Bonchev–Trinajstić information content (AvgIpc) is 2.75. The maximum absolute atomic E-state index is 13.0. The summed E-state index contributed by atoms with van der Waals surface area (Å²) in [6, 6.07) is 4.22. The lowest BCUT2D eigenvalue weighted by Gasteiger charge is -2.34. The molecule has 0 fully saturated rings. The number of hydrogen-bond acceptors (Lipinski definition) is 4. The zero-order chi connectivity index (χ0) is 25.2. The molecule has 0 aliphatic carbocycles. The van der Waals surface area contributed by atoms with Gasteiger partial charge >= 0.3 is 12.4 Å². The molecule has 33 heavy (non-hydrogen) atoms. The van der Waals surface area contributed by atoms with E-state index in [1.807, 2.05) is 0 Å². The second-order valence-electron chi connectivity index (χ2n) is 6.95. The summed E-state index contributed by atoms with van der Waals surface area (Å²) in [5, 5.41) is 8.65. The Morgan fingerprint density at radius 1 is 1.27 bits per heavy atom. The number of nitrogens with zero attached hydrogens (tertiary/aromatic N) is 2. The van der Waals surface area contributed by atoms with E-state index in [0.717, 1.165) is 12.1 Å². The number of rotatable bonds is 12. The Morgan fingerprint density at radius 2 is 1.91 bits per heavy atom. The molecule has 2 amide bonds. The van der Waals surface area contributed by atoms with Crippen LogP contribution in [-0.4, -0.2) is 58.9 Å². The number of allylic oxidation sites excluding steroid dienone is 2. The minimum absolute atomic E-state index is 0.0861. The van der Waals surface area contributed by atoms with Gasteiger partial charge in [-0.1, -0.05) is 25.3 Å². The van der Waals surface area contributed by atoms with Crippen LogP contribution in [0.2, 0.25) is 0 Å². The fourth-order valence-electron chi connectivity index (χ4n) is 2.62. The molecule has 0 spiro atoms. The third-order valence-electron chi connectivity index (χ3n) is 4.45. The topological polar surface area (TPSA) is 62.2 Å². The number of urea groups is 1. The lowest BCUT2D eigenvalue weighted by molar-refractivity contribution is -0.274. The van der Waals surface area contributed by atoms with E-state index in [1.54, 1.807) is 6.92 Å². The fraction of sp³-hybridized carbons (Fsp3) is 0.348. The molecular formula is C23H28ClF3N2O4. The Bertz CT molecular complexity index is 874. The molecule has 1 unspecified atom stereocenters. The van der Waals surface area contributed by atoms with Crippen molar-refractivity contribution in [1.82, 2.24) is 9.80 Å². The highest BCUT2D eigenvalue weighted by atomic mass is 35.5. The highest BCUT2D eigenvalue weighted by Crippen LogP contribution is 2.27. The summed E-state index contributed by atoms with van der Waals surface area (Å²) in [5.74, 6) is -0.247. The number of amides is 2. The molecule has 0 heterocycles. The van der Waals surface area contributed by atoms with Crippen molar-refractivity contribution in [3.8, 4) is 11.5 Å². The zero-order valence-corrected chi connectivity index (χ0v) is 19.3. The Labute approximate surface area is 196 Å². The molecule has 0 bridgehead atoms. The van der Waals surface area contributed by atoms with E-state index in [9.17, 15) is 18.0 Å². The third-order valence-corrected chi connectivity index (χ3v) is 4.99. The summed E-state index contributed by atoms with van der Waals surface area (Å²) < 4.78 is 46.3. The standard InChI is InChI=1S/C23H28ClF3N2O4/c1-6-21(24)18(4)29(13-8-14-30)22(31)28(5)16(2)11-12-17(3)32-19-9-7-10-20(15-19)33-23(25,26)27/h6-7,9-12,15,18,21,30H,1-3,8,13-14H2,4-5H3/b12-11-/t18-,21?/m0/s1. The van der Waals surface area contributed by atoms with Crippen LogP contribution in [0.3, 0.4) is 0 Å². The second kappa shape index (κ2) is 13.0. The van der Waals surface area contributed by atoms with E-state index >= 15 is 0 Å². The van der Waals surface area contributed by atoms with Gasteiger partial charge in [0.1, 0.15) is 17.3 Å². The highest BCUT2D eigenvalue weighted by molar-refractivity contribution is 6.22. The van der Waals surface area contributed by atoms with Crippen molar-refractivity contribution >= 4 is 17.6 Å². The number of likely N-dealkylation sites (N-methyl/N-ethyl adjacent to an activating group) is 1. The number of alkyl halides is 4. The van der Waals surface area contributed by atoms with Crippen molar-refractivity contribution in [2.24, 2.45) is 0 Å². The highest BCUT2D eigenvalue weighted by Gasteiger charge is 2.31. The summed E-state index contributed by atoms with van der Waals surface area (Å²) in [7, 11) is 1.52. The van der Waals surface area contributed by atoms with Crippen molar-refractivity contribution in [1.29, 1.82) is 0 Å². The average molecular weight is 489 g/mol. The lowest BCUT2D eigenvalue weighted by Crippen LogP contribution is -2.48. The summed E-state index contributed by atoms with van der Waals surface area (Å²) in [6.45, 7) is 13.1. The van der Waals surface area contributed by atoms with E-state index < -0.39 is 17.5 Å². The van der Waals surface area contributed by atoms with Crippen LogP contribution in [0.15, 0.2) is 73.7 Å². The minimum atomic E-state index is -4.82. The van der Waals surface area contributed by atoms with Crippen LogP contribution in [0.1, 0.15) is 13.3 Å². The Hall–Kier alpha value is -2.91. The van der Waals surface area contributed by atoms with Crippen LogP contribution >= 0.6 is 11.6 Å². The first-order valence-corrected chi connectivity index (χ1v) is 10.3. The molecule has 1 N–H and O–H groups in total. The number of halogens is 4. The largest absolute Gasteiger partial charge is 0.573 e. The van der Waals surface area contributed by atoms with E-state index in [4.69, 9.17) is 21.4 Å². The minimum Gasteiger partial charge on any atom is -0.458 e. The summed E-state index contributed by atoms with van der Waals surface area (Å²) >= 11 is 6.22. The Morgan fingerprint density at radius 3 is 2.48 bits per heavy atom. The van der Waals surface area contributed by atoms with Gasteiger partial charge in [0.05, 0.1) is 11.4 Å². The predicted molar refractivity (Wildman–Crippen MR) is 122 cm³/mol. The van der Waals surface area contributed by atoms with Gasteiger partial charge in [-0.2, -0.15) is 0 Å². The molecule has 0 saturated heterocycles. The first-order valence-electron chi connectivity index (χ1n) is 9.91. The van der Waals surface area contributed by atoms with Crippen molar-refractivity contribution in [3.05, 3.63) is 73.7 Å². The van der Waals surface area contributed by atoms with Gasteiger partial charge in [0.15, 0.2) is 0 Å². The summed E-state index contributed by atoms with van der Waals surface area (Å²) in [5.41, 5.74) is 0.296. The van der Waals surface area contributed by atoms with Crippen LogP contribution in [-0.2, 0) is 0 Å². The molecule has 10 heteroatoms. The number of ether oxygens (including phenoxy) is 2. The van der Waals surface area contributed by atoms with E-state index in [0.29, 0.717) is 12.1 Å². The quantitative estimate of drug-likeness (QED) is 0.183. The van der Waals surface area contributed by atoms with Crippen molar-refractivity contribution < 1.29 is 32.5 Å². The number of benzene rings is 1. The SMILES string of the molecule is C=CC(Cl)[C@H](C)N(CCCO)C(=O)N(C)C(=C)/C=C\C(=C)Oc1cccc(OC(F)(F)F)c1. The maximum atomic E-state index is 13.0. The molecule has 0 radical (unpaired) electrons. The van der Waals surface area contributed by atoms with Crippen LogP contribution in [0.5, 0.6) is 11.5 Å². The maximum Gasteiger partial charge on any atom is 0.573 e. The monoisotopic (exact) mass is 488 g/mol. The first-order chi connectivity index (χ1) is 15.4. The molecule has 0 aliphatic rings. The van der Waals surface area contributed by atoms with Gasteiger partial charge in [0.2, 0.25) is 0 Å². The lowest BCUT2D eigenvalue weighted by atomic mass is 10.2. The summed E-state index contributed by atoms with van der Waals surface area (Å²) in [4.78, 5) is 15.8. The second-order valence-corrected chi connectivity index (χ2v) is 7.45. The Balaban J connectivity index is 2.82. The van der Waals surface area contributed by atoms with Crippen molar-refractivity contribution in [2.45, 2.75) is 31.1 Å². The third kappa shape index (κ3) is 9.63. The number of carbonyl (C=O) groups is 1. The fourth-order valence-corrected chi connectivity index (χ4v) is 2.76. The molecule has 0 aromatic heterocycles. The van der Waals surface area contributed by atoms with Gasteiger partial charge in [-0.15, -0.1) is 31.4 Å². The normalized spacial score (nSPS) is 13.2. The number of aliphatic hydroxyl groups excluding tert-OH is 1. The van der Waals surface area contributed by atoms with E-state index in [-0.39, 0.29) is 36.7 Å². The van der Waals surface area contributed by atoms with Gasteiger partial charge in [-0.05, 0) is 37.6 Å². The molecule has 0 saturated carbocycles. The molecule has 182 valence electrons. The molecule has 1 aromatic rings. The van der Waals surface area contributed by atoms with Crippen LogP contribution in [0.4, 0.5) is 18.0 Å². The smallest absolute Gasteiger partial charge is 0.458 e. The van der Waals surface area contributed by atoms with Crippen molar-refractivity contribution in [3.63, 3.8) is 0 Å². The molecule has 2 atom stereocenters. The van der Waals surface area contributed by atoms with Gasteiger partial charge in [-0.25, -0.2) is 4.79 Å². The summed E-state index contributed by atoms with van der Waals surface area (Å²) in [6.07, 6.45) is -0.0387. The van der Waals surface area contributed by atoms with Gasteiger partial charge in [0, 0.05) is 32.0 Å². The van der Waals surface area contributed by atoms with E-state index in [2.05, 4.69) is 24.5 Å². The molecular weight excluding hydrogens is 461 g/mol. The number of aliphatic hydroxyl groups is 1. The predicted octanol–water partition coefficient (Wildman–Crippen LogP) is 5.47. The van der Waals surface area contributed by atoms with Gasteiger partial charge in [-0.3, -0.25) is 4.90 Å². The van der Waals surface area contributed by atoms with Crippen LogP contribution in [0, 0.1) is 0 Å². The number of hydrogen-bond donors (Lipinski definition) is 1. The van der Waals surface area contributed by atoms with Gasteiger partial charge in [0.25, 0.3) is 0 Å². The number of carbonyl (C=O) groups excluding carboxylic acids is 1. The first kappa shape index (κ1) is 28.1. The van der Waals surface area contributed by atoms with Crippen molar-refractivity contribution in [2.75, 3.05) is 20.2 Å². The zero-order valence-electron chi connectivity index (χ0n) is 18.5. The molecule has 1 aromatic carbocycles. The van der Waals surface area contributed by atoms with Crippen LogP contribution < -0.4 is 9.47 Å². The van der Waals surface area contributed by atoms with Gasteiger partial charge < -0.3 is 19.5 Å². The van der Waals surface area contributed by atoms with Crippen LogP contribution in [0.25, 0.3) is 0 Å². The van der Waals surface area contributed by atoms with E-state index in [1.165, 1.54) is 47.2 Å². The molecule has 6 nitrogen and oxygen atoms in total. The Kier molecular flexibility index (Phi) is 11.0. The molecule has 1 rings (SSSR count).